The zero-order valence-electron chi connectivity index (χ0n) is 12.6. The van der Waals surface area contributed by atoms with Crippen LogP contribution in [0.5, 0.6) is 0 Å². The Morgan fingerprint density at radius 3 is 2.48 bits per heavy atom. The lowest BCUT2D eigenvalue weighted by Crippen LogP contribution is -2.12. The minimum Gasteiger partial charge on any atom is -0.466 e. The maximum absolute atomic E-state index is 11.4. The van der Waals surface area contributed by atoms with E-state index in [9.17, 15) is 25.0 Å². The number of nitrogens with one attached hydrogen (secondary N) is 1. The summed E-state index contributed by atoms with van der Waals surface area (Å²) in [5.74, 6) is -0.451. The van der Waals surface area contributed by atoms with Crippen LogP contribution in [0.3, 0.4) is 0 Å². The molecule has 0 fully saturated rings. The number of carbonyl (C=O) groups excluding carboxylic acids is 1. The monoisotopic (exact) mass is 324 g/mol. The predicted octanol–water partition coefficient (Wildman–Crippen LogP) is 2.63. The van der Waals surface area contributed by atoms with Gasteiger partial charge in [0, 0.05) is 11.8 Å². The molecule has 124 valence electrons. The molecule has 0 bridgehead atoms. The smallest absolute Gasteiger partial charge is 0.311 e. The van der Waals surface area contributed by atoms with Crippen LogP contribution < -0.4 is 5.43 Å². The lowest BCUT2D eigenvalue weighted by molar-refractivity contribution is -0.393. The van der Waals surface area contributed by atoms with E-state index in [-0.39, 0.29) is 18.7 Å². The summed E-state index contributed by atoms with van der Waals surface area (Å²) >= 11 is 0. The number of non-ortho nitro benzene ring substituents is 1. The normalized spacial score (nSPS) is 11.0. The van der Waals surface area contributed by atoms with Gasteiger partial charge in [-0.05, 0) is 19.4 Å². The lowest BCUT2D eigenvalue weighted by atomic mass is 10.2. The number of hydrogen-bond acceptors (Lipinski definition) is 8. The van der Waals surface area contributed by atoms with Crippen LogP contribution in [0, 0.1) is 20.2 Å². The number of carbonyl (C=O) groups is 1. The van der Waals surface area contributed by atoms with Crippen molar-refractivity contribution in [1.82, 2.24) is 0 Å². The van der Waals surface area contributed by atoms with Crippen LogP contribution in [0.25, 0.3) is 0 Å². The first-order chi connectivity index (χ1) is 10.9. The van der Waals surface area contributed by atoms with Crippen LogP contribution in [0.2, 0.25) is 0 Å². The van der Waals surface area contributed by atoms with Crippen molar-refractivity contribution < 1.29 is 19.4 Å². The zero-order chi connectivity index (χ0) is 17.4. The van der Waals surface area contributed by atoms with Crippen molar-refractivity contribution in [3.8, 4) is 0 Å². The molecule has 0 atom stereocenters. The number of nitro benzene ring substituents is 2. The topological polar surface area (TPSA) is 137 Å². The Labute approximate surface area is 131 Å². The predicted molar refractivity (Wildman–Crippen MR) is 82.3 cm³/mol. The first kappa shape index (κ1) is 18.0. The first-order valence-electron chi connectivity index (χ1n) is 6.78. The fraction of sp³-hybridized carbons (Fsp3) is 0.385. The third kappa shape index (κ3) is 5.34. The summed E-state index contributed by atoms with van der Waals surface area (Å²) in [7, 11) is 0. The van der Waals surface area contributed by atoms with Gasteiger partial charge in [0.2, 0.25) is 0 Å². The molecule has 1 aromatic rings. The number of anilines is 1. The summed E-state index contributed by atoms with van der Waals surface area (Å²) in [6.07, 6.45) is 0.394. The minimum atomic E-state index is -0.748. The molecule has 0 heterocycles. The highest BCUT2D eigenvalue weighted by molar-refractivity contribution is 5.99. The molecule has 23 heavy (non-hydrogen) atoms. The van der Waals surface area contributed by atoms with Gasteiger partial charge in [0.05, 0.1) is 28.9 Å². The van der Waals surface area contributed by atoms with Gasteiger partial charge in [-0.25, -0.2) is 0 Å². The molecule has 1 rings (SSSR count). The highest BCUT2D eigenvalue weighted by Crippen LogP contribution is 2.28. The number of rotatable bonds is 8. The molecule has 0 aliphatic rings. The Morgan fingerprint density at radius 2 is 1.96 bits per heavy atom. The second-order valence-electron chi connectivity index (χ2n) is 4.34. The Hall–Kier alpha value is -3.04. The fourth-order valence-corrected chi connectivity index (χ4v) is 1.64. The van der Waals surface area contributed by atoms with Gasteiger partial charge in [-0.2, -0.15) is 5.10 Å². The standard InChI is InChI=1S/C13H16N4O6/c1-3-9(7-13(18)23-4-2)14-15-11-6-5-10(16(19)20)8-12(11)17(21)22/h5-6,8,15H,3-4,7H2,1-2H3/b14-9-. The van der Waals surface area contributed by atoms with Crippen LogP contribution in [0.1, 0.15) is 26.7 Å². The van der Waals surface area contributed by atoms with Crippen LogP contribution in [0.4, 0.5) is 17.1 Å². The largest absolute Gasteiger partial charge is 0.466 e. The molecule has 0 amide bonds. The zero-order valence-corrected chi connectivity index (χ0v) is 12.6. The summed E-state index contributed by atoms with van der Waals surface area (Å²) in [6.45, 7) is 3.69. The van der Waals surface area contributed by atoms with Gasteiger partial charge in [0.15, 0.2) is 0 Å². The summed E-state index contributed by atoms with van der Waals surface area (Å²) in [4.78, 5) is 31.6. The molecule has 1 aromatic carbocycles. The second-order valence-corrected chi connectivity index (χ2v) is 4.34. The summed E-state index contributed by atoms with van der Waals surface area (Å²) in [5, 5.41) is 25.6. The SMILES string of the molecule is CCOC(=O)C/C(CC)=N\Nc1ccc([N+](=O)[O-])cc1[N+](=O)[O-]. The number of esters is 1. The molecule has 0 saturated carbocycles. The van der Waals surface area contributed by atoms with E-state index in [2.05, 4.69) is 10.5 Å². The molecule has 0 aliphatic carbocycles. The van der Waals surface area contributed by atoms with E-state index in [1.807, 2.05) is 0 Å². The molecule has 10 nitrogen and oxygen atoms in total. The number of nitro groups is 2. The van der Waals surface area contributed by atoms with Crippen molar-refractivity contribution in [2.24, 2.45) is 5.10 Å². The number of hydrogen-bond donors (Lipinski definition) is 1. The highest BCUT2D eigenvalue weighted by Gasteiger charge is 2.19. The van der Waals surface area contributed by atoms with Crippen LogP contribution in [0.15, 0.2) is 23.3 Å². The van der Waals surface area contributed by atoms with Crippen molar-refractivity contribution in [1.29, 1.82) is 0 Å². The molecule has 1 N–H and O–H groups in total. The van der Waals surface area contributed by atoms with Gasteiger partial charge in [0.1, 0.15) is 5.69 Å². The Kier molecular flexibility index (Phi) is 6.59. The molecule has 0 saturated heterocycles. The Balaban J connectivity index is 2.98. The van der Waals surface area contributed by atoms with E-state index >= 15 is 0 Å². The average Bonchev–Trinajstić information content (AvgIpc) is 2.51. The molecule has 0 radical (unpaired) electrons. The number of benzene rings is 1. The Bertz CT molecular complexity index is 643. The second kappa shape index (κ2) is 8.41. The van der Waals surface area contributed by atoms with Gasteiger partial charge in [-0.1, -0.05) is 6.92 Å². The highest BCUT2D eigenvalue weighted by atomic mass is 16.6. The third-order valence-electron chi connectivity index (χ3n) is 2.79. The van der Waals surface area contributed by atoms with Crippen LogP contribution in [-0.4, -0.2) is 28.1 Å². The molecule has 0 aliphatic heterocycles. The quantitative estimate of drug-likeness (QED) is 0.336. The van der Waals surface area contributed by atoms with E-state index < -0.39 is 27.2 Å². The van der Waals surface area contributed by atoms with Crippen LogP contribution >= 0.6 is 0 Å². The van der Waals surface area contributed by atoms with Crippen LogP contribution in [-0.2, 0) is 9.53 Å². The van der Waals surface area contributed by atoms with Crippen molar-refractivity contribution in [3.63, 3.8) is 0 Å². The number of nitrogens with zero attached hydrogens (tertiary/aromatic N) is 3. The molecule has 0 unspecified atom stereocenters. The fourth-order valence-electron chi connectivity index (χ4n) is 1.64. The first-order valence-corrected chi connectivity index (χ1v) is 6.78. The van der Waals surface area contributed by atoms with Gasteiger partial charge in [-0.15, -0.1) is 0 Å². The Morgan fingerprint density at radius 1 is 1.26 bits per heavy atom. The van der Waals surface area contributed by atoms with Gasteiger partial charge < -0.3 is 4.74 Å². The van der Waals surface area contributed by atoms with E-state index in [1.165, 1.54) is 6.07 Å². The van der Waals surface area contributed by atoms with Crippen molar-refractivity contribution >= 4 is 28.7 Å². The van der Waals surface area contributed by atoms with E-state index in [0.717, 1.165) is 12.1 Å². The molecule has 10 heteroatoms. The minimum absolute atomic E-state index is 0.00425. The molecule has 0 aromatic heterocycles. The maximum atomic E-state index is 11.4. The third-order valence-corrected chi connectivity index (χ3v) is 2.79. The molecular formula is C13H16N4O6. The van der Waals surface area contributed by atoms with Gasteiger partial charge >= 0.3 is 11.7 Å². The van der Waals surface area contributed by atoms with E-state index in [1.54, 1.807) is 13.8 Å². The van der Waals surface area contributed by atoms with Crippen molar-refractivity contribution in [2.45, 2.75) is 26.7 Å². The molecule has 0 spiro atoms. The summed E-state index contributed by atoms with van der Waals surface area (Å²) in [6, 6.07) is 3.16. The van der Waals surface area contributed by atoms with Gasteiger partial charge in [0.25, 0.3) is 5.69 Å². The van der Waals surface area contributed by atoms with E-state index in [0.29, 0.717) is 12.1 Å². The molecular weight excluding hydrogens is 308 g/mol. The maximum Gasteiger partial charge on any atom is 0.311 e. The average molecular weight is 324 g/mol. The summed E-state index contributed by atoms with van der Waals surface area (Å²) in [5.41, 5.74) is 2.04. The summed E-state index contributed by atoms with van der Waals surface area (Å²) < 4.78 is 4.80. The van der Waals surface area contributed by atoms with E-state index in [4.69, 9.17) is 4.74 Å². The van der Waals surface area contributed by atoms with Crippen molar-refractivity contribution in [2.75, 3.05) is 12.0 Å². The lowest BCUT2D eigenvalue weighted by Gasteiger charge is -2.06. The number of ether oxygens (including phenoxy) is 1. The van der Waals surface area contributed by atoms with Crippen molar-refractivity contribution in [3.05, 3.63) is 38.4 Å². The van der Waals surface area contributed by atoms with Gasteiger partial charge in [-0.3, -0.25) is 30.4 Å². The number of hydrazone groups is 1.